The van der Waals surface area contributed by atoms with E-state index in [-0.39, 0.29) is 23.7 Å². The van der Waals surface area contributed by atoms with Crippen molar-refractivity contribution in [1.82, 2.24) is 0 Å². The maximum absolute atomic E-state index is 11.6. The lowest BCUT2D eigenvalue weighted by molar-refractivity contribution is -0.385. The molecule has 19 heavy (non-hydrogen) atoms. The molecule has 0 bridgehead atoms. The van der Waals surface area contributed by atoms with E-state index in [4.69, 9.17) is 10.5 Å². The van der Waals surface area contributed by atoms with Crippen molar-refractivity contribution in [2.75, 3.05) is 6.61 Å². The van der Waals surface area contributed by atoms with Gasteiger partial charge in [-0.15, -0.1) is 0 Å². The zero-order chi connectivity index (χ0) is 14.6. The molecule has 0 fully saturated rings. The first-order valence-corrected chi connectivity index (χ1v) is 5.58. The fourth-order valence-electron chi connectivity index (χ4n) is 1.34. The van der Waals surface area contributed by atoms with Crippen molar-refractivity contribution in [1.29, 1.82) is 0 Å². The maximum atomic E-state index is 11.6. The van der Waals surface area contributed by atoms with Gasteiger partial charge in [0.1, 0.15) is 5.56 Å². The van der Waals surface area contributed by atoms with Gasteiger partial charge >= 0.3 is 5.97 Å². The zero-order valence-corrected chi connectivity index (χ0v) is 10.6. The largest absolute Gasteiger partial charge is 0.462 e. The molecule has 1 rings (SSSR count). The molecule has 0 aliphatic heterocycles. The number of nitro benzene ring substituents is 1. The fraction of sp³-hybridized carbons (Fsp3) is 0.333. The van der Waals surface area contributed by atoms with Gasteiger partial charge in [-0.25, -0.2) is 4.79 Å². The van der Waals surface area contributed by atoms with E-state index in [2.05, 4.69) is 0 Å². The fourth-order valence-corrected chi connectivity index (χ4v) is 1.34. The highest BCUT2D eigenvalue weighted by Gasteiger charge is 2.21. The highest BCUT2D eigenvalue weighted by atomic mass is 16.6. The van der Waals surface area contributed by atoms with Crippen molar-refractivity contribution in [3.8, 4) is 0 Å². The van der Waals surface area contributed by atoms with E-state index in [9.17, 15) is 19.7 Å². The number of primary amides is 1. The number of nitrogens with zero attached hydrogens (tertiary/aromatic N) is 1. The summed E-state index contributed by atoms with van der Waals surface area (Å²) < 4.78 is 4.95. The molecule has 1 aromatic rings. The Bertz CT molecular complexity index is 525. The predicted octanol–water partition coefficient (Wildman–Crippen LogP) is 1.51. The Kier molecular flexibility index (Phi) is 4.57. The van der Waals surface area contributed by atoms with Crippen LogP contribution in [0.25, 0.3) is 0 Å². The van der Waals surface area contributed by atoms with Gasteiger partial charge in [-0.1, -0.05) is 13.8 Å². The summed E-state index contributed by atoms with van der Waals surface area (Å²) >= 11 is 0. The quantitative estimate of drug-likeness (QED) is 0.493. The molecule has 0 aliphatic carbocycles. The number of hydrogen-bond acceptors (Lipinski definition) is 5. The Morgan fingerprint density at radius 1 is 1.42 bits per heavy atom. The third-order valence-corrected chi connectivity index (χ3v) is 2.24. The molecule has 2 N–H and O–H groups in total. The van der Waals surface area contributed by atoms with E-state index in [1.54, 1.807) is 0 Å². The normalized spacial score (nSPS) is 10.3. The average molecular weight is 266 g/mol. The molecule has 0 radical (unpaired) electrons. The molecule has 0 aromatic heterocycles. The van der Waals surface area contributed by atoms with Crippen molar-refractivity contribution in [2.45, 2.75) is 13.8 Å². The summed E-state index contributed by atoms with van der Waals surface area (Å²) in [4.78, 5) is 32.7. The van der Waals surface area contributed by atoms with Crippen molar-refractivity contribution < 1.29 is 19.2 Å². The number of carbonyl (C=O) groups is 2. The number of esters is 1. The van der Waals surface area contributed by atoms with E-state index in [0.29, 0.717) is 0 Å². The lowest BCUT2D eigenvalue weighted by Crippen LogP contribution is -2.15. The number of hydrogen-bond donors (Lipinski definition) is 1. The number of nitro groups is 1. The second-order valence-corrected chi connectivity index (χ2v) is 4.35. The number of nitrogens with two attached hydrogens (primary N) is 1. The van der Waals surface area contributed by atoms with Crippen molar-refractivity contribution in [2.24, 2.45) is 11.7 Å². The van der Waals surface area contributed by atoms with Crippen molar-refractivity contribution >= 4 is 17.6 Å². The van der Waals surface area contributed by atoms with E-state index < -0.39 is 22.5 Å². The van der Waals surface area contributed by atoms with Crippen LogP contribution >= 0.6 is 0 Å². The molecule has 102 valence electrons. The van der Waals surface area contributed by atoms with E-state index in [1.165, 1.54) is 6.07 Å². The monoisotopic (exact) mass is 266 g/mol. The summed E-state index contributed by atoms with van der Waals surface area (Å²) in [5.41, 5.74) is 4.28. The molecule has 0 aliphatic rings. The summed E-state index contributed by atoms with van der Waals surface area (Å²) in [5.74, 6) is -1.44. The summed E-state index contributed by atoms with van der Waals surface area (Å²) in [5, 5.41) is 10.8. The number of amides is 1. The third kappa shape index (κ3) is 3.77. The molecule has 0 atom stereocenters. The minimum Gasteiger partial charge on any atom is -0.462 e. The Balaban J connectivity index is 3.05. The SMILES string of the molecule is CC(C)COC(=O)c1ccc(C(N)=O)c([N+](=O)[O-])c1. The second-order valence-electron chi connectivity index (χ2n) is 4.35. The van der Waals surface area contributed by atoms with Crippen LogP contribution in [0, 0.1) is 16.0 Å². The number of ether oxygens (including phenoxy) is 1. The van der Waals surface area contributed by atoms with Crippen molar-refractivity contribution in [3.63, 3.8) is 0 Å². The first-order valence-electron chi connectivity index (χ1n) is 5.58. The molecule has 1 amide bonds. The van der Waals surface area contributed by atoms with Gasteiger partial charge in [0.2, 0.25) is 0 Å². The van der Waals surface area contributed by atoms with Gasteiger partial charge in [-0.3, -0.25) is 14.9 Å². The van der Waals surface area contributed by atoms with Crippen LogP contribution in [0.5, 0.6) is 0 Å². The smallest absolute Gasteiger partial charge is 0.338 e. The van der Waals surface area contributed by atoms with Gasteiger partial charge in [0.25, 0.3) is 11.6 Å². The Morgan fingerprint density at radius 3 is 2.53 bits per heavy atom. The average Bonchev–Trinajstić information content (AvgIpc) is 2.34. The number of rotatable bonds is 5. The first kappa shape index (κ1) is 14.6. The standard InChI is InChI=1S/C12H14N2O5/c1-7(2)6-19-12(16)8-3-4-9(11(13)15)10(5-8)14(17)18/h3-5,7H,6H2,1-2H3,(H2,13,15). The van der Waals surface area contributed by atoms with Crippen LogP contribution in [0.4, 0.5) is 5.69 Å². The Labute approximate surface area is 109 Å². The summed E-state index contributed by atoms with van der Waals surface area (Å²) in [6, 6.07) is 3.41. The first-order chi connectivity index (χ1) is 8.82. The van der Waals surface area contributed by atoms with Crippen LogP contribution in [0.15, 0.2) is 18.2 Å². The minimum atomic E-state index is -0.922. The molecule has 0 saturated carbocycles. The molecule has 0 unspecified atom stereocenters. The van der Waals surface area contributed by atoms with Crippen LogP contribution in [0.1, 0.15) is 34.6 Å². The molecule has 7 heteroatoms. The molecule has 0 heterocycles. The highest BCUT2D eigenvalue weighted by Crippen LogP contribution is 2.20. The third-order valence-electron chi connectivity index (χ3n) is 2.24. The molecular weight excluding hydrogens is 252 g/mol. The van der Waals surface area contributed by atoms with Gasteiger partial charge in [-0.05, 0) is 18.1 Å². The summed E-state index contributed by atoms with van der Waals surface area (Å²) in [7, 11) is 0. The van der Waals surface area contributed by atoms with Gasteiger partial charge in [-0.2, -0.15) is 0 Å². The molecule has 0 saturated heterocycles. The highest BCUT2D eigenvalue weighted by molar-refractivity contribution is 5.99. The molecular formula is C12H14N2O5. The van der Waals surface area contributed by atoms with Crippen molar-refractivity contribution in [3.05, 3.63) is 39.4 Å². The van der Waals surface area contributed by atoms with E-state index >= 15 is 0 Å². The molecule has 7 nitrogen and oxygen atoms in total. The molecule has 0 spiro atoms. The van der Waals surface area contributed by atoms with Crippen LogP contribution < -0.4 is 5.73 Å². The predicted molar refractivity (Wildman–Crippen MR) is 66.7 cm³/mol. The number of carbonyl (C=O) groups excluding carboxylic acids is 2. The van der Waals surface area contributed by atoms with E-state index in [0.717, 1.165) is 12.1 Å². The van der Waals surface area contributed by atoms with Crippen LogP contribution in [-0.2, 0) is 4.74 Å². The van der Waals surface area contributed by atoms with Gasteiger partial charge in [0, 0.05) is 6.07 Å². The topological polar surface area (TPSA) is 113 Å². The van der Waals surface area contributed by atoms with Gasteiger partial charge in [0.05, 0.1) is 17.1 Å². The van der Waals surface area contributed by atoms with Crippen LogP contribution in [0.3, 0.4) is 0 Å². The number of benzene rings is 1. The lowest BCUT2D eigenvalue weighted by Gasteiger charge is -2.07. The summed E-state index contributed by atoms with van der Waals surface area (Å²) in [6.45, 7) is 3.95. The van der Waals surface area contributed by atoms with Crippen LogP contribution in [0.2, 0.25) is 0 Å². The van der Waals surface area contributed by atoms with Gasteiger partial charge in [0.15, 0.2) is 0 Å². The Hall–Kier alpha value is -2.44. The Morgan fingerprint density at radius 2 is 2.05 bits per heavy atom. The lowest BCUT2D eigenvalue weighted by atomic mass is 10.1. The minimum absolute atomic E-state index is 0.0114. The van der Waals surface area contributed by atoms with Crippen LogP contribution in [-0.4, -0.2) is 23.4 Å². The maximum Gasteiger partial charge on any atom is 0.338 e. The zero-order valence-electron chi connectivity index (χ0n) is 10.6. The van der Waals surface area contributed by atoms with Gasteiger partial charge < -0.3 is 10.5 Å². The molecule has 1 aromatic carbocycles. The van der Waals surface area contributed by atoms with E-state index in [1.807, 2.05) is 13.8 Å². The second kappa shape index (κ2) is 5.94. The summed E-state index contributed by atoms with van der Waals surface area (Å²) in [6.07, 6.45) is 0.